The highest BCUT2D eigenvalue weighted by Crippen LogP contribution is 2.42. The number of rotatable bonds is 4. The van der Waals surface area contributed by atoms with Gasteiger partial charge in [-0.15, -0.1) is 0 Å². The normalized spacial score (nSPS) is 24.1. The third kappa shape index (κ3) is 2.19. The van der Waals surface area contributed by atoms with Gasteiger partial charge in [0.1, 0.15) is 0 Å². The van der Waals surface area contributed by atoms with E-state index in [9.17, 15) is 5.11 Å². The molecule has 0 atom stereocenters. The zero-order valence-corrected chi connectivity index (χ0v) is 11.0. The number of nitrogens with two attached hydrogens (primary N) is 1. The van der Waals surface area contributed by atoms with E-state index in [0.29, 0.717) is 0 Å². The Labute approximate surface area is 109 Å². The molecule has 1 aromatic carbocycles. The van der Waals surface area contributed by atoms with Crippen molar-refractivity contribution in [1.29, 1.82) is 0 Å². The summed E-state index contributed by atoms with van der Waals surface area (Å²) in [5.74, 6) is 0. The Morgan fingerprint density at radius 2 is 1.83 bits per heavy atom. The van der Waals surface area contributed by atoms with Crippen molar-refractivity contribution in [2.24, 2.45) is 5.73 Å². The van der Waals surface area contributed by atoms with Crippen LogP contribution in [-0.2, 0) is 11.8 Å². The van der Waals surface area contributed by atoms with Gasteiger partial charge in [-0.05, 0) is 36.8 Å². The maximum Gasteiger partial charge on any atom is 0.0690 e. The molecule has 0 saturated heterocycles. The van der Waals surface area contributed by atoms with E-state index in [1.54, 1.807) is 0 Å². The number of hydrogen-bond acceptors (Lipinski definition) is 2. The summed E-state index contributed by atoms with van der Waals surface area (Å²) < 4.78 is 0. The number of hydrogen-bond donors (Lipinski definition) is 2. The zero-order valence-electron chi connectivity index (χ0n) is 11.0. The van der Waals surface area contributed by atoms with Gasteiger partial charge in [-0.2, -0.15) is 0 Å². The van der Waals surface area contributed by atoms with Crippen molar-refractivity contribution in [1.82, 2.24) is 0 Å². The van der Waals surface area contributed by atoms with E-state index >= 15 is 0 Å². The van der Waals surface area contributed by atoms with Gasteiger partial charge in [0.25, 0.3) is 0 Å². The first-order valence-corrected chi connectivity index (χ1v) is 7.18. The predicted octanol–water partition coefficient (Wildman–Crippen LogP) is 2.52. The van der Waals surface area contributed by atoms with Crippen molar-refractivity contribution >= 4 is 0 Å². The molecule has 0 amide bonds. The van der Waals surface area contributed by atoms with Crippen molar-refractivity contribution < 1.29 is 5.11 Å². The summed E-state index contributed by atoms with van der Waals surface area (Å²) in [6.45, 7) is 0.751. The minimum absolute atomic E-state index is 0.210. The Morgan fingerprint density at radius 3 is 2.44 bits per heavy atom. The van der Waals surface area contributed by atoms with E-state index in [1.807, 2.05) is 0 Å². The molecule has 2 fully saturated rings. The molecule has 98 valence electrons. The molecule has 3 rings (SSSR count). The zero-order chi connectivity index (χ0) is 12.6. The molecule has 1 aromatic rings. The van der Waals surface area contributed by atoms with E-state index in [1.165, 1.54) is 36.8 Å². The average Bonchev–Trinajstić information content (AvgIpc) is 2.94. The molecule has 0 heterocycles. The molecular weight excluding hydrogens is 222 g/mol. The molecule has 2 nitrogen and oxygen atoms in total. The highest BCUT2D eigenvalue weighted by molar-refractivity contribution is 5.33. The molecule has 3 N–H and O–H groups in total. The van der Waals surface area contributed by atoms with Crippen LogP contribution in [0.1, 0.15) is 49.7 Å². The molecule has 0 aliphatic heterocycles. The van der Waals surface area contributed by atoms with Gasteiger partial charge in [0.05, 0.1) is 5.60 Å². The van der Waals surface area contributed by atoms with Crippen LogP contribution in [0.5, 0.6) is 0 Å². The molecule has 0 bridgehead atoms. The second kappa shape index (κ2) is 4.36. The molecule has 2 heteroatoms. The van der Waals surface area contributed by atoms with Gasteiger partial charge in [-0.3, -0.25) is 0 Å². The van der Waals surface area contributed by atoms with Gasteiger partial charge >= 0.3 is 0 Å². The third-order valence-corrected chi connectivity index (χ3v) is 4.85. The van der Waals surface area contributed by atoms with E-state index in [0.717, 1.165) is 25.8 Å². The van der Waals surface area contributed by atoms with Crippen LogP contribution in [0.25, 0.3) is 0 Å². The quantitative estimate of drug-likeness (QED) is 0.856. The fraction of sp³-hybridized carbons (Fsp3) is 0.625. The van der Waals surface area contributed by atoms with Crippen LogP contribution in [0, 0.1) is 0 Å². The minimum Gasteiger partial charge on any atom is -0.390 e. The molecular formula is C16H23NO. The van der Waals surface area contributed by atoms with Gasteiger partial charge < -0.3 is 10.8 Å². The van der Waals surface area contributed by atoms with Crippen LogP contribution in [0.15, 0.2) is 24.3 Å². The number of benzene rings is 1. The number of aliphatic hydroxyl groups is 1. The highest BCUT2D eigenvalue weighted by atomic mass is 16.3. The van der Waals surface area contributed by atoms with Gasteiger partial charge in [-0.25, -0.2) is 0 Å². The molecule has 2 aliphatic rings. The first kappa shape index (κ1) is 12.2. The van der Waals surface area contributed by atoms with Gasteiger partial charge in [0.2, 0.25) is 0 Å². The van der Waals surface area contributed by atoms with Crippen LogP contribution in [0.2, 0.25) is 0 Å². The van der Waals surface area contributed by atoms with E-state index in [2.05, 4.69) is 24.3 Å². The predicted molar refractivity (Wildman–Crippen MR) is 73.5 cm³/mol. The van der Waals surface area contributed by atoms with Crippen molar-refractivity contribution in [3.63, 3.8) is 0 Å². The summed E-state index contributed by atoms with van der Waals surface area (Å²) in [7, 11) is 0. The topological polar surface area (TPSA) is 46.2 Å². The molecule has 0 radical (unpaired) electrons. The lowest BCUT2D eigenvalue weighted by atomic mass is 9.78. The summed E-state index contributed by atoms with van der Waals surface area (Å²) in [6, 6.07) is 8.78. The molecule has 2 saturated carbocycles. The Hall–Kier alpha value is -0.860. The molecule has 0 spiro atoms. The summed E-state index contributed by atoms with van der Waals surface area (Å²) in [6.07, 6.45) is 7.76. The molecule has 0 aromatic heterocycles. The lowest BCUT2D eigenvalue weighted by Gasteiger charge is -2.28. The Morgan fingerprint density at radius 1 is 1.11 bits per heavy atom. The van der Waals surface area contributed by atoms with Crippen LogP contribution < -0.4 is 5.73 Å². The van der Waals surface area contributed by atoms with Crippen LogP contribution in [-0.4, -0.2) is 17.3 Å². The smallest absolute Gasteiger partial charge is 0.0690 e. The minimum atomic E-state index is -0.399. The maximum atomic E-state index is 10.0. The SMILES string of the molecule is NCC1(c2cccc(CC3(O)CC3)c2)CCCC1. The van der Waals surface area contributed by atoms with Gasteiger partial charge in [0, 0.05) is 18.4 Å². The summed E-state index contributed by atoms with van der Waals surface area (Å²) in [4.78, 5) is 0. The van der Waals surface area contributed by atoms with Crippen molar-refractivity contribution in [3.05, 3.63) is 35.4 Å². The van der Waals surface area contributed by atoms with Gasteiger partial charge in [-0.1, -0.05) is 37.1 Å². The van der Waals surface area contributed by atoms with E-state index in [-0.39, 0.29) is 5.41 Å². The van der Waals surface area contributed by atoms with Crippen LogP contribution in [0.4, 0.5) is 0 Å². The maximum absolute atomic E-state index is 10.0. The van der Waals surface area contributed by atoms with Crippen molar-refractivity contribution in [2.45, 2.75) is 56.0 Å². The summed E-state index contributed by atoms with van der Waals surface area (Å²) >= 11 is 0. The van der Waals surface area contributed by atoms with Crippen LogP contribution in [0.3, 0.4) is 0 Å². The Bertz CT molecular complexity index is 430. The lowest BCUT2D eigenvalue weighted by molar-refractivity contribution is 0.151. The van der Waals surface area contributed by atoms with Crippen LogP contribution >= 0.6 is 0 Å². The van der Waals surface area contributed by atoms with Gasteiger partial charge in [0.15, 0.2) is 0 Å². The Kier molecular flexibility index (Phi) is 2.95. The average molecular weight is 245 g/mol. The standard InChI is InChI=1S/C16H23NO/c17-12-15(6-1-2-7-15)14-5-3-4-13(10-14)11-16(18)8-9-16/h3-5,10,18H,1-2,6-9,11-12,17H2. The summed E-state index contributed by atoms with van der Waals surface area (Å²) in [5, 5.41) is 10.0. The largest absolute Gasteiger partial charge is 0.390 e. The second-order valence-electron chi connectivity index (χ2n) is 6.29. The molecule has 0 unspecified atom stereocenters. The second-order valence-corrected chi connectivity index (χ2v) is 6.29. The highest BCUT2D eigenvalue weighted by Gasteiger charge is 2.40. The van der Waals surface area contributed by atoms with Crippen molar-refractivity contribution in [2.75, 3.05) is 6.54 Å². The first-order valence-electron chi connectivity index (χ1n) is 7.18. The fourth-order valence-corrected chi connectivity index (χ4v) is 3.37. The van der Waals surface area contributed by atoms with E-state index < -0.39 is 5.60 Å². The lowest BCUT2D eigenvalue weighted by Crippen LogP contribution is -2.32. The van der Waals surface area contributed by atoms with Crippen molar-refractivity contribution in [3.8, 4) is 0 Å². The molecule has 18 heavy (non-hydrogen) atoms. The monoisotopic (exact) mass is 245 g/mol. The third-order valence-electron chi connectivity index (χ3n) is 4.85. The molecule has 2 aliphatic carbocycles. The first-order chi connectivity index (χ1) is 8.66. The fourth-order valence-electron chi connectivity index (χ4n) is 3.37. The van der Waals surface area contributed by atoms with E-state index in [4.69, 9.17) is 5.73 Å². The Balaban J connectivity index is 1.85. The summed E-state index contributed by atoms with van der Waals surface area (Å²) in [5.41, 5.74) is 8.52.